The van der Waals surface area contributed by atoms with Crippen LogP contribution in [0.2, 0.25) is 0 Å². The van der Waals surface area contributed by atoms with E-state index in [4.69, 9.17) is 5.73 Å². The zero-order valence-corrected chi connectivity index (χ0v) is 8.90. The average molecular weight is 218 g/mol. The van der Waals surface area contributed by atoms with Crippen LogP contribution in [0.1, 0.15) is 25.7 Å². The van der Waals surface area contributed by atoms with Crippen LogP contribution in [0.4, 0.5) is 11.8 Å². The summed E-state index contributed by atoms with van der Waals surface area (Å²) in [6.45, 7) is 0. The van der Waals surface area contributed by atoms with Gasteiger partial charge in [-0.05, 0) is 12.8 Å². The fourth-order valence-electron chi connectivity index (χ4n) is 2.22. The van der Waals surface area contributed by atoms with Gasteiger partial charge in [-0.15, -0.1) is 0 Å². The molecule has 3 rings (SSSR count). The van der Waals surface area contributed by atoms with Crippen LogP contribution in [0.3, 0.4) is 0 Å². The van der Waals surface area contributed by atoms with Gasteiger partial charge in [0.05, 0.1) is 6.33 Å². The summed E-state index contributed by atoms with van der Waals surface area (Å²) in [7, 11) is 0. The van der Waals surface area contributed by atoms with Crippen LogP contribution in [0.15, 0.2) is 6.33 Å². The Morgan fingerprint density at radius 2 is 2.12 bits per heavy atom. The number of anilines is 2. The number of nitrogens with zero attached hydrogens (tertiary/aromatic N) is 3. The van der Waals surface area contributed by atoms with Crippen molar-refractivity contribution in [3.63, 3.8) is 0 Å². The van der Waals surface area contributed by atoms with Gasteiger partial charge in [-0.25, -0.2) is 4.98 Å². The molecule has 0 spiro atoms. The molecule has 6 heteroatoms. The van der Waals surface area contributed by atoms with Crippen LogP contribution in [-0.2, 0) is 0 Å². The molecule has 1 aliphatic carbocycles. The maximum absolute atomic E-state index is 5.65. The highest BCUT2D eigenvalue weighted by Gasteiger charge is 2.17. The minimum absolute atomic E-state index is 0.275. The van der Waals surface area contributed by atoms with Crippen molar-refractivity contribution in [2.75, 3.05) is 11.1 Å². The molecular weight excluding hydrogens is 204 g/mol. The van der Waals surface area contributed by atoms with Crippen LogP contribution >= 0.6 is 0 Å². The van der Waals surface area contributed by atoms with Gasteiger partial charge in [0.25, 0.3) is 0 Å². The van der Waals surface area contributed by atoms with E-state index < -0.39 is 0 Å². The minimum Gasteiger partial charge on any atom is -0.368 e. The first-order valence-corrected chi connectivity index (χ1v) is 5.56. The van der Waals surface area contributed by atoms with Gasteiger partial charge in [-0.2, -0.15) is 9.97 Å². The lowest BCUT2D eigenvalue weighted by Crippen LogP contribution is -2.16. The lowest BCUT2D eigenvalue weighted by Gasteiger charge is -2.12. The van der Waals surface area contributed by atoms with E-state index in [1.54, 1.807) is 6.33 Å². The van der Waals surface area contributed by atoms with Crippen LogP contribution in [0.25, 0.3) is 11.2 Å². The van der Waals surface area contributed by atoms with Gasteiger partial charge in [-0.1, -0.05) is 12.8 Å². The van der Waals surface area contributed by atoms with Crippen LogP contribution in [0.5, 0.6) is 0 Å². The van der Waals surface area contributed by atoms with Crippen LogP contribution in [0, 0.1) is 0 Å². The Kier molecular flexibility index (Phi) is 2.12. The predicted octanol–water partition coefficient (Wildman–Crippen LogP) is 1.29. The summed E-state index contributed by atoms with van der Waals surface area (Å²) in [6.07, 6.45) is 6.55. The maximum atomic E-state index is 5.65. The molecule has 84 valence electrons. The number of hydrogen-bond donors (Lipinski definition) is 3. The van der Waals surface area contributed by atoms with E-state index in [9.17, 15) is 0 Å². The summed E-state index contributed by atoms with van der Waals surface area (Å²) in [4.78, 5) is 15.4. The molecule has 1 aliphatic rings. The molecule has 1 saturated carbocycles. The highest BCUT2D eigenvalue weighted by atomic mass is 15.1. The van der Waals surface area contributed by atoms with Gasteiger partial charge in [0.1, 0.15) is 5.52 Å². The van der Waals surface area contributed by atoms with E-state index in [0.29, 0.717) is 11.7 Å². The molecule has 2 aromatic heterocycles. The number of rotatable bonds is 2. The molecule has 0 unspecified atom stereocenters. The smallest absolute Gasteiger partial charge is 0.224 e. The monoisotopic (exact) mass is 218 g/mol. The van der Waals surface area contributed by atoms with E-state index in [1.165, 1.54) is 25.7 Å². The van der Waals surface area contributed by atoms with Gasteiger partial charge in [0.2, 0.25) is 5.95 Å². The third kappa shape index (κ3) is 1.56. The SMILES string of the molecule is Nc1nc(NC2CCCC2)c2nc[nH]c2n1. The quantitative estimate of drug-likeness (QED) is 0.706. The summed E-state index contributed by atoms with van der Waals surface area (Å²) >= 11 is 0. The summed E-state index contributed by atoms with van der Waals surface area (Å²) in [5.74, 6) is 1.02. The largest absolute Gasteiger partial charge is 0.368 e. The second-order valence-corrected chi connectivity index (χ2v) is 4.16. The lowest BCUT2D eigenvalue weighted by molar-refractivity contribution is 0.751. The molecule has 16 heavy (non-hydrogen) atoms. The third-order valence-corrected chi connectivity index (χ3v) is 2.99. The Bertz CT molecular complexity index is 499. The Morgan fingerprint density at radius 3 is 2.94 bits per heavy atom. The second-order valence-electron chi connectivity index (χ2n) is 4.16. The highest BCUT2D eigenvalue weighted by molar-refractivity contribution is 5.83. The molecule has 4 N–H and O–H groups in total. The molecule has 2 aromatic rings. The van der Waals surface area contributed by atoms with Gasteiger partial charge in [0.15, 0.2) is 11.5 Å². The topological polar surface area (TPSA) is 92.5 Å². The zero-order valence-electron chi connectivity index (χ0n) is 8.90. The Hall–Kier alpha value is -1.85. The maximum Gasteiger partial charge on any atom is 0.224 e. The van der Waals surface area contributed by atoms with Crippen molar-refractivity contribution < 1.29 is 0 Å². The number of imidazole rings is 1. The van der Waals surface area contributed by atoms with E-state index in [0.717, 1.165) is 11.3 Å². The van der Waals surface area contributed by atoms with Gasteiger partial charge in [0, 0.05) is 6.04 Å². The van der Waals surface area contributed by atoms with Gasteiger partial charge < -0.3 is 16.0 Å². The first-order chi connectivity index (χ1) is 7.83. The number of nitrogen functional groups attached to an aromatic ring is 1. The number of nitrogens with two attached hydrogens (primary N) is 1. The third-order valence-electron chi connectivity index (χ3n) is 2.99. The normalized spacial score (nSPS) is 17.0. The fraction of sp³-hybridized carbons (Fsp3) is 0.500. The Balaban J connectivity index is 1.97. The summed E-state index contributed by atoms with van der Waals surface area (Å²) in [5, 5.41) is 3.40. The Morgan fingerprint density at radius 1 is 1.31 bits per heavy atom. The lowest BCUT2D eigenvalue weighted by atomic mass is 10.2. The number of aromatic nitrogens is 4. The van der Waals surface area contributed by atoms with Crippen molar-refractivity contribution in [2.24, 2.45) is 0 Å². The van der Waals surface area contributed by atoms with Gasteiger partial charge in [-0.3, -0.25) is 0 Å². The van der Waals surface area contributed by atoms with Crippen molar-refractivity contribution in [1.82, 2.24) is 19.9 Å². The van der Waals surface area contributed by atoms with Crippen LogP contribution < -0.4 is 11.1 Å². The van der Waals surface area contributed by atoms with E-state index in [1.807, 2.05) is 0 Å². The van der Waals surface area contributed by atoms with E-state index >= 15 is 0 Å². The summed E-state index contributed by atoms with van der Waals surface area (Å²) in [6, 6.07) is 0.495. The first kappa shape index (κ1) is 9.38. The molecule has 1 fully saturated rings. The molecule has 0 saturated heterocycles. The molecule has 0 aliphatic heterocycles. The molecular formula is C10H14N6. The zero-order chi connectivity index (χ0) is 11.0. The molecule has 0 radical (unpaired) electrons. The number of H-pyrrole nitrogens is 1. The van der Waals surface area contributed by atoms with E-state index in [2.05, 4.69) is 25.3 Å². The predicted molar refractivity (Wildman–Crippen MR) is 62.0 cm³/mol. The van der Waals surface area contributed by atoms with Gasteiger partial charge >= 0.3 is 0 Å². The standard InChI is InChI=1S/C10H14N6/c11-10-15-8-7(12-5-13-8)9(16-10)14-6-3-1-2-4-6/h5-6H,1-4H2,(H4,11,12,13,14,15,16). The molecule has 0 aromatic carbocycles. The fourth-order valence-corrected chi connectivity index (χ4v) is 2.22. The minimum atomic E-state index is 0.275. The van der Waals surface area contributed by atoms with E-state index in [-0.39, 0.29) is 5.95 Å². The molecule has 0 amide bonds. The number of nitrogens with one attached hydrogen (secondary N) is 2. The molecule has 6 nitrogen and oxygen atoms in total. The number of fused-ring (bicyclic) bond motifs is 1. The summed E-state index contributed by atoms with van der Waals surface area (Å²) < 4.78 is 0. The van der Waals surface area contributed by atoms with Crippen molar-refractivity contribution >= 4 is 22.9 Å². The first-order valence-electron chi connectivity index (χ1n) is 5.56. The molecule has 0 atom stereocenters. The van der Waals surface area contributed by atoms with Crippen LogP contribution in [-0.4, -0.2) is 26.0 Å². The van der Waals surface area contributed by atoms with Crippen molar-refractivity contribution in [3.8, 4) is 0 Å². The molecule has 2 heterocycles. The summed E-state index contributed by atoms with van der Waals surface area (Å²) in [5.41, 5.74) is 7.10. The van der Waals surface area contributed by atoms with Crippen molar-refractivity contribution in [3.05, 3.63) is 6.33 Å². The number of aromatic amines is 1. The highest BCUT2D eigenvalue weighted by Crippen LogP contribution is 2.24. The Labute approximate surface area is 92.7 Å². The second kappa shape index (κ2) is 3.62. The van der Waals surface area contributed by atoms with Crippen molar-refractivity contribution in [1.29, 1.82) is 0 Å². The van der Waals surface area contributed by atoms with Crippen molar-refractivity contribution in [2.45, 2.75) is 31.7 Å². The molecule has 0 bridgehead atoms. The number of hydrogen-bond acceptors (Lipinski definition) is 5. The average Bonchev–Trinajstić information content (AvgIpc) is 2.87.